The Morgan fingerprint density at radius 3 is 2.32 bits per heavy atom. The molecule has 2 atom stereocenters. The van der Waals surface area contributed by atoms with Crippen molar-refractivity contribution in [2.75, 3.05) is 13.7 Å². The number of benzene rings is 2. The standard InChI is InChI=1S/C24H26F3NO2S/c1-16-14-23(29-4,9-10-30-16)18-11-19(24(25,26)27)13-21(12-18)31-20-7-5-17(6-8-20)22(2,3)15-28/h5-8,11-13,16H,9-10,14H2,1-4H3. The van der Waals surface area contributed by atoms with E-state index in [9.17, 15) is 18.4 Å². The third-order valence-electron chi connectivity index (χ3n) is 5.77. The summed E-state index contributed by atoms with van der Waals surface area (Å²) in [7, 11) is 1.54. The molecule has 0 saturated carbocycles. The molecule has 2 aromatic carbocycles. The fourth-order valence-electron chi connectivity index (χ4n) is 3.84. The van der Waals surface area contributed by atoms with Gasteiger partial charge in [-0.1, -0.05) is 23.9 Å². The highest BCUT2D eigenvalue weighted by Crippen LogP contribution is 2.43. The van der Waals surface area contributed by atoms with Gasteiger partial charge in [0.25, 0.3) is 0 Å². The van der Waals surface area contributed by atoms with Gasteiger partial charge in [-0.15, -0.1) is 0 Å². The van der Waals surface area contributed by atoms with E-state index < -0.39 is 22.8 Å². The third-order valence-corrected chi connectivity index (χ3v) is 6.75. The summed E-state index contributed by atoms with van der Waals surface area (Å²) in [6.07, 6.45) is -3.57. The summed E-state index contributed by atoms with van der Waals surface area (Å²) in [6.45, 7) is 5.99. The lowest BCUT2D eigenvalue weighted by Crippen LogP contribution is -2.39. The zero-order chi connectivity index (χ0) is 22.9. The van der Waals surface area contributed by atoms with Gasteiger partial charge in [0.2, 0.25) is 0 Å². The number of nitrogens with zero attached hydrogens (tertiary/aromatic N) is 1. The van der Waals surface area contributed by atoms with Crippen LogP contribution in [-0.2, 0) is 26.7 Å². The molecule has 2 aromatic rings. The predicted octanol–water partition coefficient (Wildman–Crippen LogP) is 6.70. The van der Waals surface area contributed by atoms with E-state index in [0.29, 0.717) is 29.9 Å². The maximum absolute atomic E-state index is 13.7. The molecule has 0 bridgehead atoms. The Kier molecular flexibility index (Phi) is 6.75. The number of methoxy groups -OCH3 is 1. The predicted molar refractivity (Wildman–Crippen MR) is 114 cm³/mol. The molecule has 0 amide bonds. The van der Waals surface area contributed by atoms with E-state index in [2.05, 4.69) is 6.07 Å². The Morgan fingerprint density at radius 1 is 1.10 bits per heavy atom. The first-order valence-electron chi connectivity index (χ1n) is 10.1. The molecular formula is C24H26F3NO2S. The fourth-order valence-corrected chi connectivity index (χ4v) is 4.76. The molecule has 0 aliphatic carbocycles. The van der Waals surface area contributed by atoms with Crippen LogP contribution in [-0.4, -0.2) is 19.8 Å². The summed E-state index contributed by atoms with van der Waals surface area (Å²) in [6, 6.07) is 13.8. The van der Waals surface area contributed by atoms with Crippen molar-refractivity contribution < 1.29 is 22.6 Å². The Morgan fingerprint density at radius 2 is 1.77 bits per heavy atom. The highest BCUT2D eigenvalue weighted by molar-refractivity contribution is 7.99. The number of halogens is 3. The topological polar surface area (TPSA) is 42.2 Å². The molecular weight excluding hydrogens is 423 g/mol. The van der Waals surface area contributed by atoms with Gasteiger partial charge in [0.1, 0.15) is 0 Å². The summed E-state index contributed by atoms with van der Waals surface area (Å²) in [5.74, 6) is 0. The third kappa shape index (κ3) is 5.25. The van der Waals surface area contributed by atoms with E-state index >= 15 is 0 Å². The van der Waals surface area contributed by atoms with Gasteiger partial charge < -0.3 is 9.47 Å². The van der Waals surface area contributed by atoms with E-state index in [1.807, 2.05) is 45.0 Å². The van der Waals surface area contributed by atoms with Crippen molar-refractivity contribution in [1.82, 2.24) is 0 Å². The first kappa shape index (κ1) is 23.6. The second-order valence-electron chi connectivity index (χ2n) is 8.44. The summed E-state index contributed by atoms with van der Waals surface area (Å²) < 4.78 is 52.4. The van der Waals surface area contributed by atoms with E-state index in [0.717, 1.165) is 10.5 Å². The quantitative estimate of drug-likeness (QED) is 0.509. The van der Waals surface area contributed by atoms with Gasteiger partial charge in [-0.2, -0.15) is 18.4 Å². The minimum absolute atomic E-state index is 0.102. The summed E-state index contributed by atoms with van der Waals surface area (Å²) in [5.41, 5.74) is -0.750. The van der Waals surface area contributed by atoms with Crippen molar-refractivity contribution in [2.24, 2.45) is 0 Å². The Labute approximate surface area is 185 Å². The van der Waals surface area contributed by atoms with E-state index in [1.165, 1.54) is 23.9 Å². The number of ether oxygens (including phenoxy) is 2. The van der Waals surface area contributed by atoms with Gasteiger partial charge >= 0.3 is 6.18 Å². The average molecular weight is 450 g/mol. The van der Waals surface area contributed by atoms with Crippen molar-refractivity contribution in [3.05, 3.63) is 59.2 Å². The lowest BCUT2D eigenvalue weighted by Gasteiger charge is -2.39. The maximum atomic E-state index is 13.7. The first-order chi connectivity index (χ1) is 14.5. The average Bonchev–Trinajstić information content (AvgIpc) is 2.73. The zero-order valence-corrected chi connectivity index (χ0v) is 18.9. The Balaban J connectivity index is 1.99. The molecule has 0 spiro atoms. The van der Waals surface area contributed by atoms with Crippen LogP contribution in [0.4, 0.5) is 13.2 Å². The molecule has 1 saturated heterocycles. The molecule has 0 aromatic heterocycles. The lowest BCUT2D eigenvalue weighted by molar-refractivity contribution is -0.139. The first-order valence-corrected chi connectivity index (χ1v) is 10.9. The van der Waals surface area contributed by atoms with Gasteiger partial charge in [-0.3, -0.25) is 0 Å². The number of hydrogen-bond donors (Lipinski definition) is 0. The number of nitriles is 1. The van der Waals surface area contributed by atoms with Crippen molar-refractivity contribution in [3.63, 3.8) is 0 Å². The van der Waals surface area contributed by atoms with E-state index in [1.54, 1.807) is 13.2 Å². The molecule has 166 valence electrons. The molecule has 3 nitrogen and oxygen atoms in total. The molecule has 0 N–H and O–H groups in total. The van der Waals surface area contributed by atoms with Crippen LogP contribution in [0, 0.1) is 11.3 Å². The van der Waals surface area contributed by atoms with Crippen LogP contribution < -0.4 is 0 Å². The van der Waals surface area contributed by atoms with Gasteiger partial charge in [-0.05, 0) is 62.2 Å². The lowest BCUT2D eigenvalue weighted by atomic mass is 9.83. The van der Waals surface area contributed by atoms with Crippen LogP contribution in [0.15, 0.2) is 52.3 Å². The van der Waals surface area contributed by atoms with Crippen molar-refractivity contribution in [2.45, 2.75) is 66.7 Å². The SMILES string of the molecule is COC1(c2cc(Sc3ccc(C(C)(C)C#N)cc3)cc(C(F)(F)F)c2)CCOC(C)C1. The minimum Gasteiger partial charge on any atom is -0.378 e. The van der Waals surface area contributed by atoms with Crippen molar-refractivity contribution in [3.8, 4) is 6.07 Å². The van der Waals surface area contributed by atoms with Gasteiger partial charge in [-0.25, -0.2) is 0 Å². The van der Waals surface area contributed by atoms with Crippen molar-refractivity contribution in [1.29, 1.82) is 5.26 Å². The smallest absolute Gasteiger partial charge is 0.378 e. The van der Waals surface area contributed by atoms with Gasteiger partial charge in [0.05, 0.1) is 35.4 Å². The van der Waals surface area contributed by atoms with Crippen LogP contribution in [0.2, 0.25) is 0 Å². The zero-order valence-electron chi connectivity index (χ0n) is 18.0. The Bertz CT molecular complexity index is 966. The monoisotopic (exact) mass is 449 g/mol. The van der Waals surface area contributed by atoms with Gasteiger partial charge in [0.15, 0.2) is 0 Å². The molecule has 1 fully saturated rings. The Hall–Kier alpha value is -2.01. The maximum Gasteiger partial charge on any atom is 0.416 e. The summed E-state index contributed by atoms with van der Waals surface area (Å²) in [4.78, 5) is 1.29. The van der Waals surface area contributed by atoms with Crippen LogP contribution >= 0.6 is 11.8 Å². The van der Waals surface area contributed by atoms with Crippen LogP contribution in [0.5, 0.6) is 0 Å². The molecule has 2 unspecified atom stereocenters. The molecule has 1 heterocycles. The molecule has 0 radical (unpaired) electrons. The van der Waals surface area contributed by atoms with Gasteiger partial charge in [0, 0.05) is 29.7 Å². The number of alkyl halides is 3. The molecule has 31 heavy (non-hydrogen) atoms. The molecule has 3 rings (SSSR count). The van der Waals surface area contributed by atoms with Crippen LogP contribution in [0.3, 0.4) is 0 Å². The van der Waals surface area contributed by atoms with Crippen molar-refractivity contribution >= 4 is 11.8 Å². The summed E-state index contributed by atoms with van der Waals surface area (Å²) in [5, 5.41) is 9.30. The number of rotatable bonds is 5. The normalized spacial score (nSPS) is 22.2. The minimum atomic E-state index is -4.46. The van der Waals surface area contributed by atoms with E-state index in [-0.39, 0.29) is 6.10 Å². The molecule has 1 aliphatic rings. The summed E-state index contributed by atoms with van der Waals surface area (Å²) >= 11 is 1.26. The van der Waals surface area contributed by atoms with Crippen LogP contribution in [0.1, 0.15) is 50.3 Å². The number of hydrogen-bond acceptors (Lipinski definition) is 4. The van der Waals surface area contributed by atoms with E-state index in [4.69, 9.17) is 9.47 Å². The highest BCUT2D eigenvalue weighted by atomic mass is 32.2. The molecule has 7 heteroatoms. The fraction of sp³-hybridized carbons (Fsp3) is 0.458. The largest absolute Gasteiger partial charge is 0.416 e. The highest BCUT2D eigenvalue weighted by Gasteiger charge is 2.40. The second-order valence-corrected chi connectivity index (χ2v) is 9.59. The van der Waals surface area contributed by atoms with Crippen LogP contribution in [0.25, 0.3) is 0 Å². The molecule has 1 aliphatic heterocycles. The second kappa shape index (κ2) is 8.85.